The Morgan fingerprint density at radius 2 is 1.87 bits per heavy atom. The fourth-order valence-electron chi connectivity index (χ4n) is 4.59. The summed E-state index contributed by atoms with van der Waals surface area (Å²) in [5, 5.41) is 14.3. The maximum atomic E-state index is 14.3. The maximum Gasteiger partial charge on any atom is 0.263 e. The van der Waals surface area contributed by atoms with Crippen LogP contribution in [-0.4, -0.2) is 26.6 Å². The molecule has 0 spiro atoms. The van der Waals surface area contributed by atoms with Crippen molar-refractivity contribution >= 4 is 22.5 Å². The predicted molar refractivity (Wildman–Crippen MR) is 147 cm³/mol. The molecule has 0 aliphatic rings. The minimum atomic E-state index is -0.419. The van der Waals surface area contributed by atoms with Gasteiger partial charge in [0.25, 0.3) is 5.56 Å². The lowest BCUT2D eigenvalue weighted by Gasteiger charge is -2.22. The zero-order valence-electron chi connectivity index (χ0n) is 21.1. The average molecular weight is 504 g/mol. The molecule has 2 aromatic carbocycles. The minimum Gasteiger partial charge on any atom is -0.481 e. The van der Waals surface area contributed by atoms with Crippen LogP contribution in [0.5, 0.6) is 5.88 Å². The highest BCUT2D eigenvalue weighted by Gasteiger charge is 2.21. The van der Waals surface area contributed by atoms with Crippen molar-refractivity contribution in [3.05, 3.63) is 100 Å². The first kappa shape index (κ1) is 24.5. The molecule has 5 rings (SSSR count). The molecule has 0 amide bonds. The van der Waals surface area contributed by atoms with Gasteiger partial charge in [-0.15, -0.1) is 0 Å². The summed E-state index contributed by atoms with van der Waals surface area (Å²) >= 11 is 0. The summed E-state index contributed by atoms with van der Waals surface area (Å²) in [6, 6.07) is 22.6. The van der Waals surface area contributed by atoms with Gasteiger partial charge in [0.05, 0.1) is 24.2 Å². The zero-order valence-corrected chi connectivity index (χ0v) is 21.1. The number of nitrogens with one attached hydrogen (secondary N) is 1. The number of ether oxygens (including phenoxy) is 1. The van der Waals surface area contributed by atoms with E-state index in [1.807, 2.05) is 73.7 Å². The maximum absolute atomic E-state index is 14.3. The van der Waals surface area contributed by atoms with E-state index in [1.54, 1.807) is 24.8 Å². The van der Waals surface area contributed by atoms with Crippen LogP contribution < -0.4 is 21.3 Å². The van der Waals surface area contributed by atoms with Gasteiger partial charge in [-0.25, -0.2) is 9.97 Å². The Labute approximate surface area is 219 Å². The number of aryl methyl sites for hydroxylation is 1. The number of fused-ring (bicyclic) bond motifs is 1. The largest absolute Gasteiger partial charge is 0.481 e. The van der Waals surface area contributed by atoms with Crippen molar-refractivity contribution in [2.75, 3.05) is 18.2 Å². The molecule has 0 radical (unpaired) electrons. The van der Waals surface area contributed by atoms with Crippen LogP contribution in [0.4, 0.5) is 11.8 Å². The Hall–Kier alpha value is -5.23. The van der Waals surface area contributed by atoms with Gasteiger partial charge in [0.1, 0.15) is 17.5 Å². The van der Waals surface area contributed by atoms with Crippen molar-refractivity contribution < 1.29 is 4.74 Å². The number of para-hydroxylation sites is 1. The van der Waals surface area contributed by atoms with Crippen LogP contribution >= 0.6 is 0 Å². The number of hydrogen-bond donors (Lipinski definition) is 2. The average Bonchev–Trinajstić information content (AvgIpc) is 2.93. The number of nitrogens with two attached hydrogens (primary N) is 1. The van der Waals surface area contributed by atoms with Crippen molar-refractivity contribution in [3.63, 3.8) is 0 Å². The van der Waals surface area contributed by atoms with Gasteiger partial charge in [-0.1, -0.05) is 36.4 Å². The SMILES string of the molecule is COc1cc(-c2cccc3cc(C(C)Nc4nc(N)nc(C)c4C#N)n(-c4ccccc4)c(=O)c23)ccn1. The molecule has 188 valence electrons. The zero-order chi connectivity index (χ0) is 26.8. The van der Waals surface area contributed by atoms with Crippen LogP contribution in [0.1, 0.15) is 29.9 Å². The van der Waals surface area contributed by atoms with E-state index in [4.69, 9.17) is 10.5 Å². The molecular weight excluding hydrogens is 478 g/mol. The lowest BCUT2D eigenvalue weighted by atomic mass is 9.98. The third kappa shape index (κ3) is 4.40. The Bertz CT molecular complexity index is 1760. The number of aromatic nitrogens is 4. The molecule has 3 heterocycles. The highest BCUT2D eigenvalue weighted by Crippen LogP contribution is 2.31. The summed E-state index contributed by atoms with van der Waals surface area (Å²) < 4.78 is 7.00. The Kier molecular flexibility index (Phi) is 6.46. The molecule has 9 heteroatoms. The molecular formula is C29H25N7O2. The second-order valence-electron chi connectivity index (χ2n) is 8.77. The highest BCUT2D eigenvalue weighted by atomic mass is 16.5. The van der Waals surface area contributed by atoms with E-state index in [2.05, 4.69) is 26.3 Å². The lowest BCUT2D eigenvalue weighted by Crippen LogP contribution is -2.26. The smallest absolute Gasteiger partial charge is 0.263 e. The second-order valence-corrected chi connectivity index (χ2v) is 8.77. The molecule has 0 bridgehead atoms. The Morgan fingerprint density at radius 3 is 2.61 bits per heavy atom. The minimum absolute atomic E-state index is 0.0626. The van der Waals surface area contributed by atoms with Gasteiger partial charge in [0.2, 0.25) is 11.8 Å². The quantitative estimate of drug-likeness (QED) is 0.338. The van der Waals surface area contributed by atoms with E-state index in [-0.39, 0.29) is 11.5 Å². The van der Waals surface area contributed by atoms with Gasteiger partial charge in [0.15, 0.2) is 0 Å². The van der Waals surface area contributed by atoms with E-state index in [1.165, 1.54) is 0 Å². The predicted octanol–water partition coefficient (Wildman–Crippen LogP) is 4.79. The van der Waals surface area contributed by atoms with E-state index in [9.17, 15) is 10.1 Å². The summed E-state index contributed by atoms with van der Waals surface area (Å²) in [7, 11) is 1.56. The molecule has 0 saturated heterocycles. The summed E-state index contributed by atoms with van der Waals surface area (Å²) in [5.74, 6) is 0.840. The van der Waals surface area contributed by atoms with Crippen molar-refractivity contribution in [2.24, 2.45) is 0 Å². The Balaban J connectivity index is 1.75. The summed E-state index contributed by atoms with van der Waals surface area (Å²) in [6.45, 7) is 3.62. The van der Waals surface area contributed by atoms with Crippen LogP contribution in [-0.2, 0) is 0 Å². The highest BCUT2D eigenvalue weighted by molar-refractivity contribution is 5.96. The second kappa shape index (κ2) is 10.0. The standard InChI is InChI=1S/C29H25N7O2/c1-17-23(16-30)27(35-29(31)34-17)33-18(2)24-14-20-8-7-11-22(19-12-13-32-25(15-19)38-3)26(20)28(37)36(24)21-9-5-4-6-10-21/h4-15,18H,1-3H3,(H3,31,33,34,35). The first-order chi connectivity index (χ1) is 18.4. The number of nitriles is 1. The van der Waals surface area contributed by atoms with Crippen LogP contribution in [0.3, 0.4) is 0 Å². The monoisotopic (exact) mass is 503 g/mol. The first-order valence-corrected chi connectivity index (χ1v) is 12.0. The topological polar surface area (TPSA) is 132 Å². The molecule has 1 atom stereocenters. The normalized spacial score (nSPS) is 11.6. The molecule has 1 unspecified atom stereocenters. The number of nitrogen functional groups attached to an aromatic ring is 1. The van der Waals surface area contributed by atoms with Crippen molar-refractivity contribution in [3.8, 4) is 28.8 Å². The summed E-state index contributed by atoms with van der Waals surface area (Å²) in [4.78, 5) is 26.8. The van der Waals surface area contributed by atoms with Gasteiger partial charge in [-0.2, -0.15) is 10.2 Å². The number of anilines is 2. The van der Waals surface area contributed by atoms with Crippen LogP contribution in [0.2, 0.25) is 0 Å². The fourth-order valence-corrected chi connectivity index (χ4v) is 4.59. The van der Waals surface area contributed by atoms with Crippen LogP contribution in [0, 0.1) is 18.3 Å². The third-order valence-corrected chi connectivity index (χ3v) is 6.36. The number of methoxy groups -OCH3 is 1. The molecule has 9 nitrogen and oxygen atoms in total. The van der Waals surface area contributed by atoms with E-state index >= 15 is 0 Å². The molecule has 3 aromatic heterocycles. The fraction of sp³-hybridized carbons (Fsp3) is 0.138. The van der Waals surface area contributed by atoms with Gasteiger partial charge < -0.3 is 15.8 Å². The van der Waals surface area contributed by atoms with Gasteiger partial charge in [-0.3, -0.25) is 9.36 Å². The van der Waals surface area contributed by atoms with E-state index in [0.29, 0.717) is 39.7 Å². The van der Waals surface area contributed by atoms with Crippen LogP contribution in [0.25, 0.3) is 27.6 Å². The molecule has 0 aliphatic heterocycles. The molecule has 5 aromatic rings. The Morgan fingerprint density at radius 1 is 1.08 bits per heavy atom. The van der Waals surface area contributed by atoms with Gasteiger partial charge in [0, 0.05) is 23.6 Å². The van der Waals surface area contributed by atoms with Gasteiger partial charge >= 0.3 is 0 Å². The number of nitrogens with zero attached hydrogens (tertiary/aromatic N) is 5. The van der Waals surface area contributed by atoms with Crippen molar-refractivity contribution in [1.29, 1.82) is 5.26 Å². The number of rotatable bonds is 6. The third-order valence-electron chi connectivity index (χ3n) is 6.36. The number of hydrogen-bond acceptors (Lipinski definition) is 8. The molecule has 0 aliphatic carbocycles. The number of pyridine rings is 2. The van der Waals surface area contributed by atoms with E-state index in [0.717, 1.165) is 16.5 Å². The van der Waals surface area contributed by atoms with Crippen LogP contribution in [0.15, 0.2) is 77.7 Å². The number of benzene rings is 2. The molecule has 0 fully saturated rings. The molecule has 0 saturated carbocycles. The molecule has 38 heavy (non-hydrogen) atoms. The van der Waals surface area contributed by atoms with Crippen molar-refractivity contribution in [2.45, 2.75) is 19.9 Å². The summed E-state index contributed by atoms with van der Waals surface area (Å²) in [6.07, 6.45) is 1.66. The lowest BCUT2D eigenvalue weighted by molar-refractivity contribution is 0.398. The summed E-state index contributed by atoms with van der Waals surface area (Å²) in [5.41, 5.74) is 9.47. The van der Waals surface area contributed by atoms with Crippen molar-refractivity contribution in [1.82, 2.24) is 19.5 Å². The van der Waals surface area contributed by atoms with E-state index < -0.39 is 6.04 Å². The first-order valence-electron chi connectivity index (χ1n) is 12.0. The molecule has 3 N–H and O–H groups in total. The van der Waals surface area contributed by atoms with Gasteiger partial charge in [-0.05, 0) is 54.6 Å².